The van der Waals surface area contributed by atoms with Crippen LogP contribution >= 0.6 is 23.1 Å². The van der Waals surface area contributed by atoms with Crippen LogP contribution in [0.5, 0.6) is 5.75 Å². The Morgan fingerprint density at radius 1 is 1.40 bits per heavy atom. The Kier molecular flexibility index (Phi) is 5.35. The number of carbonyl (C=O) groups is 1. The van der Waals surface area contributed by atoms with Crippen LogP contribution < -0.4 is 4.74 Å². The Morgan fingerprint density at radius 3 is 2.92 bits per heavy atom. The fraction of sp³-hybridized carbons (Fsp3) is 0.167. The van der Waals surface area contributed by atoms with Gasteiger partial charge in [-0.3, -0.25) is 9.69 Å². The number of thiazole rings is 1. The zero-order chi connectivity index (χ0) is 17.8. The van der Waals surface area contributed by atoms with Gasteiger partial charge in [-0.2, -0.15) is 4.99 Å². The summed E-state index contributed by atoms with van der Waals surface area (Å²) in [4.78, 5) is 23.5. The molecule has 0 spiro atoms. The smallest absolute Gasteiger partial charge is 0.266 e. The van der Waals surface area contributed by atoms with Gasteiger partial charge in [-0.15, -0.1) is 11.3 Å². The fourth-order valence-electron chi connectivity index (χ4n) is 2.15. The molecule has 3 rings (SSSR count). The van der Waals surface area contributed by atoms with Crippen molar-refractivity contribution in [3.05, 3.63) is 58.5 Å². The summed E-state index contributed by atoms with van der Waals surface area (Å²) in [6, 6.07) is 7.60. The zero-order valence-corrected chi connectivity index (χ0v) is 15.6. The Labute approximate surface area is 154 Å². The van der Waals surface area contributed by atoms with Crippen molar-refractivity contribution < 1.29 is 9.53 Å². The molecule has 1 aromatic carbocycles. The molecule has 0 N–H and O–H groups in total. The van der Waals surface area contributed by atoms with Gasteiger partial charge < -0.3 is 4.74 Å². The number of benzene rings is 1. The Morgan fingerprint density at radius 2 is 2.20 bits per heavy atom. The number of aromatic nitrogens is 1. The highest BCUT2D eigenvalue weighted by Crippen LogP contribution is 2.35. The van der Waals surface area contributed by atoms with E-state index in [1.165, 1.54) is 23.1 Å². The SMILES string of the molecule is C=CCOc1ccccc1/C=C1\S/C(=N/c2nc(C)cs2)N(C)C1=O. The van der Waals surface area contributed by atoms with Crippen LogP contribution in [0.1, 0.15) is 11.3 Å². The summed E-state index contributed by atoms with van der Waals surface area (Å²) in [7, 11) is 1.72. The number of nitrogens with zero attached hydrogens (tertiary/aromatic N) is 3. The van der Waals surface area contributed by atoms with E-state index < -0.39 is 0 Å². The largest absolute Gasteiger partial charge is 0.489 e. The van der Waals surface area contributed by atoms with Gasteiger partial charge in [-0.1, -0.05) is 30.9 Å². The summed E-state index contributed by atoms with van der Waals surface area (Å²) in [5.74, 6) is 0.627. The highest BCUT2D eigenvalue weighted by Gasteiger charge is 2.30. The molecule has 0 atom stereocenters. The number of carbonyl (C=O) groups excluding carboxylic acids is 1. The van der Waals surface area contributed by atoms with Gasteiger partial charge in [0, 0.05) is 18.0 Å². The van der Waals surface area contributed by atoms with Crippen LogP contribution in [0.2, 0.25) is 0 Å². The molecular weight excluding hydrogens is 354 g/mol. The lowest BCUT2D eigenvalue weighted by molar-refractivity contribution is -0.121. The molecule has 2 aromatic rings. The van der Waals surface area contributed by atoms with E-state index in [0.717, 1.165) is 11.3 Å². The van der Waals surface area contributed by atoms with Crippen LogP contribution in [0, 0.1) is 6.92 Å². The minimum absolute atomic E-state index is 0.0875. The summed E-state index contributed by atoms with van der Waals surface area (Å²) in [6.45, 7) is 5.99. The van der Waals surface area contributed by atoms with Crippen molar-refractivity contribution in [2.45, 2.75) is 6.92 Å². The van der Waals surface area contributed by atoms with Crippen LogP contribution in [0.15, 0.2) is 52.2 Å². The maximum Gasteiger partial charge on any atom is 0.266 e. The lowest BCUT2D eigenvalue weighted by Crippen LogP contribution is -2.23. The van der Waals surface area contributed by atoms with Crippen molar-refractivity contribution in [1.82, 2.24) is 9.88 Å². The molecule has 25 heavy (non-hydrogen) atoms. The third kappa shape index (κ3) is 4.00. The Bertz CT molecular complexity index is 871. The second-order valence-electron chi connectivity index (χ2n) is 5.28. The topological polar surface area (TPSA) is 54.8 Å². The van der Waals surface area contributed by atoms with Crippen molar-refractivity contribution in [1.29, 1.82) is 0 Å². The average molecular weight is 371 g/mol. The molecule has 1 aromatic heterocycles. The second kappa shape index (κ2) is 7.67. The minimum Gasteiger partial charge on any atom is -0.489 e. The molecule has 0 unspecified atom stereocenters. The number of hydrogen-bond acceptors (Lipinski definition) is 6. The summed E-state index contributed by atoms with van der Waals surface area (Å²) in [6.07, 6.45) is 3.52. The highest BCUT2D eigenvalue weighted by atomic mass is 32.2. The highest BCUT2D eigenvalue weighted by molar-refractivity contribution is 8.18. The van der Waals surface area contributed by atoms with Crippen molar-refractivity contribution in [3.63, 3.8) is 0 Å². The van der Waals surface area contributed by atoms with Crippen LogP contribution in [0.25, 0.3) is 6.08 Å². The maximum atomic E-state index is 12.5. The number of rotatable bonds is 5. The molecule has 2 heterocycles. The number of aryl methyl sites for hydroxylation is 1. The molecule has 5 nitrogen and oxygen atoms in total. The Hall–Kier alpha value is -2.38. The van der Waals surface area contributed by atoms with E-state index in [2.05, 4.69) is 16.6 Å². The molecule has 1 amide bonds. The first kappa shape index (κ1) is 17.4. The van der Waals surface area contributed by atoms with Gasteiger partial charge in [0.1, 0.15) is 12.4 Å². The van der Waals surface area contributed by atoms with E-state index in [0.29, 0.717) is 27.6 Å². The number of hydrogen-bond donors (Lipinski definition) is 0. The summed E-state index contributed by atoms with van der Waals surface area (Å²) in [5, 5.41) is 3.20. The molecule has 0 aliphatic carbocycles. The number of para-hydroxylation sites is 1. The third-order valence-electron chi connectivity index (χ3n) is 3.36. The predicted molar refractivity (Wildman–Crippen MR) is 104 cm³/mol. The summed E-state index contributed by atoms with van der Waals surface area (Å²) < 4.78 is 5.65. The Balaban J connectivity index is 1.88. The van der Waals surface area contributed by atoms with Gasteiger partial charge in [0.15, 0.2) is 5.17 Å². The molecule has 1 fully saturated rings. The fourth-order valence-corrected chi connectivity index (χ4v) is 3.83. The summed E-state index contributed by atoms with van der Waals surface area (Å²) >= 11 is 2.79. The van der Waals surface area contributed by atoms with Gasteiger partial charge in [0.2, 0.25) is 5.13 Å². The molecule has 0 bridgehead atoms. The molecule has 1 aliphatic heterocycles. The number of ether oxygens (including phenoxy) is 1. The van der Waals surface area contributed by atoms with Crippen molar-refractivity contribution in [3.8, 4) is 5.75 Å². The lowest BCUT2D eigenvalue weighted by atomic mass is 10.2. The quantitative estimate of drug-likeness (QED) is 0.582. The van der Waals surface area contributed by atoms with Gasteiger partial charge in [0.25, 0.3) is 5.91 Å². The standard InChI is InChI=1S/C18H17N3O2S2/c1-4-9-23-14-8-6-5-7-13(14)10-15-16(22)21(3)18(25-15)20-17-19-12(2)11-24-17/h4-8,10-11H,1,9H2,2-3H3/b15-10-,20-18+. The molecule has 0 saturated carbocycles. The first-order chi connectivity index (χ1) is 12.1. The zero-order valence-electron chi connectivity index (χ0n) is 13.9. The van der Waals surface area contributed by atoms with E-state index in [4.69, 9.17) is 4.74 Å². The van der Waals surface area contributed by atoms with Gasteiger partial charge in [0.05, 0.1) is 10.6 Å². The van der Waals surface area contributed by atoms with Crippen LogP contribution in [-0.2, 0) is 4.79 Å². The first-order valence-electron chi connectivity index (χ1n) is 7.59. The molecule has 1 saturated heterocycles. The van der Waals surface area contributed by atoms with Crippen molar-refractivity contribution in [2.24, 2.45) is 4.99 Å². The van der Waals surface area contributed by atoms with Crippen LogP contribution in [0.4, 0.5) is 5.13 Å². The number of amidine groups is 1. The van der Waals surface area contributed by atoms with Crippen molar-refractivity contribution >= 4 is 45.4 Å². The van der Waals surface area contributed by atoms with E-state index in [-0.39, 0.29) is 5.91 Å². The van der Waals surface area contributed by atoms with E-state index in [1.807, 2.05) is 42.6 Å². The molecule has 128 valence electrons. The molecular formula is C18H17N3O2S2. The lowest BCUT2D eigenvalue weighted by Gasteiger charge is -2.07. The molecule has 1 aliphatic rings. The summed E-state index contributed by atoms with van der Waals surface area (Å²) in [5.41, 5.74) is 1.77. The van der Waals surface area contributed by atoms with E-state index in [1.54, 1.807) is 18.0 Å². The number of thioether (sulfide) groups is 1. The third-order valence-corrected chi connectivity index (χ3v) is 5.28. The van der Waals surface area contributed by atoms with Crippen molar-refractivity contribution in [2.75, 3.05) is 13.7 Å². The monoisotopic (exact) mass is 371 g/mol. The van der Waals surface area contributed by atoms with Crippen LogP contribution in [-0.4, -0.2) is 34.6 Å². The van der Waals surface area contributed by atoms with Gasteiger partial charge in [-0.25, -0.2) is 4.98 Å². The predicted octanol–water partition coefficient (Wildman–Crippen LogP) is 4.25. The first-order valence-corrected chi connectivity index (χ1v) is 9.29. The van der Waals surface area contributed by atoms with E-state index in [9.17, 15) is 4.79 Å². The molecule has 0 radical (unpaired) electrons. The minimum atomic E-state index is -0.0875. The maximum absolute atomic E-state index is 12.5. The normalized spacial score (nSPS) is 17.5. The number of likely N-dealkylation sites (N-methyl/N-ethyl adjacent to an activating group) is 1. The van der Waals surface area contributed by atoms with Gasteiger partial charge >= 0.3 is 0 Å². The van der Waals surface area contributed by atoms with E-state index >= 15 is 0 Å². The number of aliphatic imine (C=N–C) groups is 1. The average Bonchev–Trinajstić information content (AvgIpc) is 3.13. The van der Waals surface area contributed by atoms with Crippen LogP contribution in [0.3, 0.4) is 0 Å². The number of amides is 1. The van der Waals surface area contributed by atoms with Gasteiger partial charge in [-0.05, 0) is 30.8 Å². The second-order valence-corrected chi connectivity index (χ2v) is 7.12. The molecule has 7 heteroatoms.